The molecule has 6 heteroatoms. The Labute approximate surface area is 116 Å². The molecule has 0 saturated carbocycles. The minimum absolute atomic E-state index is 0.000638. The van der Waals surface area contributed by atoms with Crippen LogP contribution in [0.3, 0.4) is 0 Å². The third-order valence-electron chi connectivity index (χ3n) is 3.30. The zero-order chi connectivity index (χ0) is 14.4. The van der Waals surface area contributed by atoms with Gasteiger partial charge in [0.15, 0.2) is 6.29 Å². The number of ether oxygens (including phenoxy) is 2. The van der Waals surface area contributed by atoms with Crippen LogP contribution < -0.4 is 0 Å². The van der Waals surface area contributed by atoms with E-state index in [-0.39, 0.29) is 18.3 Å². The van der Waals surface area contributed by atoms with Gasteiger partial charge in [-0.25, -0.2) is 0 Å². The molecule has 0 radical (unpaired) electrons. The van der Waals surface area contributed by atoms with E-state index >= 15 is 0 Å². The molecule has 5 nitrogen and oxygen atoms in total. The van der Waals surface area contributed by atoms with Crippen molar-refractivity contribution in [2.75, 3.05) is 26.1 Å². The molecule has 1 fully saturated rings. The fourth-order valence-corrected chi connectivity index (χ4v) is 2.29. The smallest absolute Gasteiger partial charge is 0.264 e. The van der Waals surface area contributed by atoms with Crippen molar-refractivity contribution in [2.24, 2.45) is 5.41 Å². The van der Waals surface area contributed by atoms with Crippen molar-refractivity contribution in [3.63, 3.8) is 0 Å². The van der Waals surface area contributed by atoms with Crippen molar-refractivity contribution in [3.05, 3.63) is 0 Å². The van der Waals surface area contributed by atoms with Crippen molar-refractivity contribution >= 4 is 10.1 Å². The van der Waals surface area contributed by atoms with Crippen molar-refractivity contribution < 1.29 is 22.1 Å². The maximum absolute atomic E-state index is 10.9. The largest absolute Gasteiger partial charge is 0.353 e. The van der Waals surface area contributed by atoms with Gasteiger partial charge in [-0.3, -0.25) is 4.18 Å². The Morgan fingerprint density at radius 3 is 2.47 bits per heavy atom. The standard InChI is InChI=1S/C13H26O5S/c1-13(2,8-11-18-19(3,14)15)7-10-17-12-6-4-5-9-16-12/h12H,4-11H2,1-3H3/t12-/m1/s1. The molecule has 0 unspecified atom stereocenters. The summed E-state index contributed by atoms with van der Waals surface area (Å²) in [5.74, 6) is 0. The van der Waals surface area contributed by atoms with E-state index in [1.54, 1.807) is 0 Å². The third-order valence-corrected chi connectivity index (χ3v) is 3.89. The van der Waals surface area contributed by atoms with Gasteiger partial charge in [-0.1, -0.05) is 13.8 Å². The van der Waals surface area contributed by atoms with Gasteiger partial charge in [-0.2, -0.15) is 8.42 Å². The summed E-state index contributed by atoms with van der Waals surface area (Å²) in [5.41, 5.74) is -0.000638. The Balaban J connectivity index is 2.15. The molecule has 0 N–H and O–H groups in total. The van der Waals surface area contributed by atoms with Gasteiger partial charge in [0.2, 0.25) is 0 Å². The Hall–Kier alpha value is -0.170. The van der Waals surface area contributed by atoms with E-state index in [1.165, 1.54) is 0 Å². The molecule has 1 rings (SSSR count). The minimum Gasteiger partial charge on any atom is -0.353 e. The Kier molecular flexibility index (Phi) is 6.73. The fourth-order valence-electron chi connectivity index (χ4n) is 1.90. The number of hydrogen-bond acceptors (Lipinski definition) is 5. The lowest BCUT2D eigenvalue weighted by molar-refractivity contribution is -0.165. The molecule has 1 aliphatic rings. The lowest BCUT2D eigenvalue weighted by Gasteiger charge is -2.27. The van der Waals surface area contributed by atoms with Crippen LogP contribution in [-0.2, 0) is 23.8 Å². The average Bonchev–Trinajstić information content (AvgIpc) is 2.28. The lowest BCUT2D eigenvalue weighted by atomic mass is 9.86. The molecule has 1 heterocycles. The normalized spacial score (nSPS) is 21.5. The van der Waals surface area contributed by atoms with Gasteiger partial charge in [-0.15, -0.1) is 0 Å². The summed E-state index contributed by atoms with van der Waals surface area (Å²) in [4.78, 5) is 0. The summed E-state index contributed by atoms with van der Waals surface area (Å²) in [5, 5.41) is 0. The summed E-state index contributed by atoms with van der Waals surface area (Å²) in [6.45, 7) is 5.83. The first-order chi connectivity index (χ1) is 8.79. The van der Waals surface area contributed by atoms with Crippen LogP contribution in [0.2, 0.25) is 0 Å². The Morgan fingerprint density at radius 1 is 1.21 bits per heavy atom. The van der Waals surface area contributed by atoms with Crippen molar-refractivity contribution in [2.45, 2.75) is 52.2 Å². The zero-order valence-electron chi connectivity index (χ0n) is 12.2. The number of hydrogen-bond donors (Lipinski definition) is 0. The average molecular weight is 294 g/mol. The maximum atomic E-state index is 10.9. The summed E-state index contributed by atoms with van der Waals surface area (Å²) in [6.07, 6.45) is 5.82. The van der Waals surface area contributed by atoms with Crippen LogP contribution in [0.1, 0.15) is 46.0 Å². The first-order valence-electron chi connectivity index (χ1n) is 6.86. The second-order valence-electron chi connectivity index (χ2n) is 5.86. The Morgan fingerprint density at radius 2 is 1.89 bits per heavy atom. The molecule has 0 aromatic rings. The van der Waals surface area contributed by atoms with Crippen LogP contribution in [0.25, 0.3) is 0 Å². The lowest BCUT2D eigenvalue weighted by Crippen LogP contribution is -2.25. The van der Waals surface area contributed by atoms with Crippen LogP contribution in [0.5, 0.6) is 0 Å². The van der Waals surface area contributed by atoms with Gasteiger partial charge in [0.1, 0.15) is 0 Å². The molecule has 1 aliphatic heterocycles. The molecular weight excluding hydrogens is 268 g/mol. The molecule has 0 spiro atoms. The fraction of sp³-hybridized carbons (Fsp3) is 1.00. The summed E-state index contributed by atoms with van der Waals surface area (Å²) in [6, 6.07) is 0. The molecule has 0 bridgehead atoms. The molecule has 0 aliphatic carbocycles. The van der Waals surface area contributed by atoms with Crippen molar-refractivity contribution in [1.82, 2.24) is 0 Å². The highest BCUT2D eigenvalue weighted by Crippen LogP contribution is 2.26. The predicted octanol–water partition coefficient (Wildman–Crippen LogP) is 2.31. The molecule has 19 heavy (non-hydrogen) atoms. The summed E-state index contributed by atoms with van der Waals surface area (Å²) >= 11 is 0. The van der Waals surface area contributed by atoms with E-state index in [1.807, 2.05) is 0 Å². The van der Waals surface area contributed by atoms with Gasteiger partial charge in [0.25, 0.3) is 10.1 Å². The third kappa shape index (κ3) is 8.57. The van der Waals surface area contributed by atoms with Gasteiger partial charge < -0.3 is 9.47 Å². The van der Waals surface area contributed by atoms with Gasteiger partial charge in [-0.05, 0) is 37.5 Å². The highest BCUT2D eigenvalue weighted by atomic mass is 32.2. The topological polar surface area (TPSA) is 61.8 Å². The molecule has 1 saturated heterocycles. The van der Waals surface area contributed by atoms with Crippen LogP contribution in [0.4, 0.5) is 0 Å². The van der Waals surface area contributed by atoms with Crippen molar-refractivity contribution in [3.8, 4) is 0 Å². The van der Waals surface area contributed by atoms with E-state index in [9.17, 15) is 8.42 Å². The maximum Gasteiger partial charge on any atom is 0.264 e. The van der Waals surface area contributed by atoms with Crippen LogP contribution in [-0.4, -0.2) is 40.8 Å². The van der Waals surface area contributed by atoms with Crippen LogP contribution >= 0.6 is 0 Å². The SMILES string of the molecule is CC(C)(CCO[C@@H]1CCCCO1)CCOS(C)(=O)=O. The van der Waals surface area contributed by atoms with E-state index in [0.29, 0.717) is 13.0 Å². The first-order valence-corrected chi connectivity index (χ1v) is 8.68. The zero-order valence-corrected chi connectivity index (χ0v) is 13.0. The van der Waals surface area contributed by atoms with E-state index in [0.717, 1.165) is 38.5 Å². The molecule has 114 valence electrons. The quantitative estimate of drug-likeness (QED) is 0.643. The van der Waals surface area contributed by atoms with Crippen molar-refractivity contribution in [1.29, 1.82) is 0 Å². The molecule has 0 aromatic heterocycles. The van der Waals surface area contributed by atoms with Gasteiger partial charge in [0, 0.05) is 6.61 Å². The van der Waals surface area contributed by atoms with E-state index in [4.69, 9.17) is 13.7 Å². The second-order valence-corrected chi connectivity index (χ2v) is 7.50. The molecule has 1 atom stereocenters. The highest BCUT2D eigenvalue weighted by Gasteiger charge is 2.20. The minimum atomic E-state index is -3.34. The van der Waals surface area contributed by atoms with Crippen LogP contribution in [0, 0.1) is 5.41 Å². The Bertz CT molecular complexity index is 344. The molecule has 0 aromatic carbocycles. The highest BCUT2D eigenvalue weighted by molar-refractivity contribution is 7.85. The summed E-state index contributed by atoms with van der Waals surface area (Å²) < 4.78 is 37.7. The van der Waals surface area contributed by atoms with E-state index in [2.05, 4.69) is 13.8 Å². The molecular formula is C13H26O5S. The predicted molar refractivity (Wildman–Crippen MR) is 73.4 cm³/mol. The molecule has 0 amide bonds. The van der Waals surface area contributed by atoms with E-state index < -0.39 is 10.1 Å². The number of rotatable bonds is 8. The summed E-state index contributed by atoms with van der Waals surface area (Å²) in [7, 11) is -3.34. The second kappa shape index (κ2) is 7.57. The first kappa shape index (κ1) is 16.9. The van der Waals surface area contributed by atoms with Crippen LogP contribution in [0.15, 0.2) is 0 Å². The van der Waals surface area contributed by atoms with Gasteiger partial charge >= 0.3 is 0 Å². The van der Waals surface area contributed by atoms with Gasteiger partial charge in [0.05, 0.1) is 19.5 Å². The monoisotopic (exact) mass is 294 g/mol.